The minimum atomic E-state index is 0.597. The number of aromatic nitrogens is 4. The van der Waals surface area contributed by atoms with Gasteiger partial charge in [0.25, 0.3) is 0 Å². The number of fused-ring (bicyclic) bond motifs is 6. The quantitative estimate of drug-likeness (QED) is 0.164. The normalized spacial score (nSPS) is 11.5. The van der Waals surface area contributed by atoms with Crippen LogP contribution >= 0.6 is 0 Å². The van der Waals surface area contributed by atoms with Gasteiger partial charge in [0, 0.05) is 62.3 Å². The molecule has 0 bridgehead atoms. The van der Waals surface area contributed by atoms with Gasteiger partial charge in [-0.3, -0.25) is 4.90 Å². The molecule has 0 unspecified atom stereocenters. The van der Waals surface area contributed by atoms with Crippen molar-refractivity contribution in [1.82, 2.24) is 19.1 Å². The van der Waals surface area contributed by atoms with E-state index in [-0.39, 0.29) is 0 Å². The van der Waals surface area contributed by atoms with Crippen LogP contribution in [0, 0.1) is 0 Å². The van der Waals surface area contributed by atoms with Gasteiger partial charge in [-0.2, -0.15) is 0 Å². The highest BCUT2D eigenvalue weighted by molar-refractivity contribution is 6.12. The van der Waals surface area contributed by atoms with Crippen LogP contribution < -0.4 is 4.90 Å². The van der Waals surface area contributed by atoms with Gasteiger partial charge >= 0.3 is 0 Å². The van der Waals surface area contributed by atoms with Gasteiger partial charge < -0.3 is 9.13 Å². The third kappa shape index (κ3) is 5.56. The molecule has 0 N–H and O–H groups in total. The first-order valence-electron chi connectivity index (χ1n) is 19.2. The lowest BCUT2D eigenvalue weighted by molar-refractivity contribution is 1.08. The molecule has 3 heterocycles. The molecule has 268 valence electrons. The average Bonchev–Trinajstić information content (AvgIpc) is 3.80. The average molecular weight is 730 g/mol. The predicted octanol–water partition coefficient (Wildman–Crippen LogP) is 13.5. The molecule has 11 rings (SSSR count). The Morgan fingerprint density at radius 2 is 0.754 bits per heavy atom. The standard InChI is InChI=1S/C52H35N5/c1-4-15-36(16-5-1)38-19-14-22-41(31-38)57-49-26-13-11-24-45(49)47-33-43(28-30-51(47)57)55(52-53-34-39(35-54-52)37-17-6-2-7-18-37)42-27-29-50-46(32-42)44-23-10-12-25-48(44)56(50)40-20-8-3-9-21-40/h1-35H. The topological polar surface area (TPSA) is 38.9 Å². The van der Waals surface area contributed by atoms with E-state index in [0.717, 1.165) is 66.7 Å². The van der Waals surface area contributed by atoms with E-state index in [9.17, 15) is 0 Å². The highest BCUT2D eigenvalue weighted by Crippen LogP contribution is 2.42. The van der Waals surface area contributed by atoms with Gasteiger partial charge in [-0.25, -0.2) is 9.97 Å². The summed E-state index contributed by atoms with van der Waals surface area (Å²) in [4.78, 5) is 12.3. The first-order chi connectivity index (χ1) is 28.3. The highest BCUT2D eigenvalue weighted by Gasteiger charge is 2.21. The van der Waals surface area contributed by atoms with E-state index < -0.39 is 0 Å². The summed E-state index contributed by atoms with van der Waals surface area (Å²) in [6.45, 7) is 0. The largest absolute Gasteiger partial charge is 0.309 e. The molecule has 3 aromatic heterocycles. The zero-order valence-corrected chi connectivity index (χ0v) is 30.9. The van der Waals surface area contributed by atoms with Gasteiger partial charge in [-0.15, -0.1) is 0 Å². The number of nitrogens with zero attached hydrogens (tertiary/aromatic N) is 5. The molecule has 57 heavy (non-hydrogen) atoms. The first kappa shape index (κ1) is 32.7. The molecule has 5 heteroatoms. The summed E-state index contributed by atoms with van der Waals surface area (Å²) in [6, 6.07) is 71.0. The Hall–Kier alpha value is -7.76. The van der Waals surface area contributed by atoms with Crippen molar-refractivity contribution in [3.8, 4) is 33.6 Å². The van der Waals surface area contributed by atoms with E-state index in [4.69, 9.17) is 9.97 Å². The van der Waals surface area contributed by atoms with Gasteiger partial charge in [0.15, 0.2) is 0 Å². The van der Waals surface area contributed by atoms with Crippen LogP contribution in [0.15, 0.2) is 213 Å². The Bertz CT molecular complexity index is 3220. The maximum absolute atomic E-state index is 5.04. The molecular weight excluding hydrogens is 695 g/mol. The fourth-order valence-corrected chi connectivity index (χ4v) is 8.38. The maximum atomic E-state index is 5.04. The van der Waals surface area contributed by atoms with Crippen molar-refractivity contribution < 1.29 is 0 Å². The molecular formula is C52H35N5. The number of rotatable bonds is 7. The number of hydrogen-bond acceptors (Lipinski definition) is 3. The molecule has 0 saturated heterocycles. The Morgan fingerprint density at radius 3 is 1.33 bits per heavy atom. The summed E-state index contributed by atoms with van der Waals surface area (Å²) >= 11 is 0. The second-order valence-corrected chi connectivity index (χ2v) is 14.3. The molecule has 0 radical (unpaired) electrons. The smallest absolute Gasteiger partial charge is 0.234 e. The van der Waals surface area contributed by atoms with Crippen molar-refractivity contribution in [2.24, 2.45) is 0 Å². The molecule has 0 spiro atoms. The molecule has 5 nitrogen and oxygen atoms in total. The number of para-hydroxylation sites is 3. The third-order valence-electron chi connectivity index (χ3n) is 11.0. The number of hydrogen-bond donors (Lipinski definition) is 0. The minimum absolute atomic E-state index is 0.597. The molecule has 8 aromatic carbocycles. The summed E-state index contributed by atoms with van der Waals surface area (Å²) < 4.78 is 4.72. The highest BCUT2D eigenvalue weighted by atomic mass is 15.3. The van der Waals surface area contributed by atoms with Gasteiger partial charge in [-0.1, -0.05) is 127 Å². The van der Waals surface area contributed by atoms with E-state index >= 15 is 0 Å². The lowest BCUT2D eigenvalue weighted by Gasteiger charge is -2.24. The predicted molar refractivity (Wildman–Crippen MR) is 236 cm³/mol. The number of benzene rings is 8. The zero-order valence-electron chi connectivity index (χ0n) is 30.9. The summed E-state index contributed by atoms with van der Waals surface area (Å²) in [6.07, 6.45) is 3.85. The fourth-order valence-electron chi connectivity index (χ4n) is 8.38. The minimum Gasteiger partial charge on any atom is -0.309 e. The van der Waals surface area contributed by atoms with E-state index in [1.54, 1.807) is 0 Å². The lowest BCUT2D eigenvalue weighted by atomic mass is 10.1. The summed E-state index contributed by atoms with van der Waals surface area (Å²) in [5, 5.41) is 4.69. The number of anilines is 3. The summed E-state index contributed by atoms with van der Waals surface area (Å²) in [7, 11) is 0. The Balaban J connectivity index is 1.11. The van der Waals surface area contributed by atoms with Crippen molar-refractivity contribution in [3.63, 3.8) is 0 Å². The Morgan fingerprint density at radius 1 is 0.316 bits per heavy atom. The molecule has 0 aliphatic heterocycles. The molecule has 0 saturated carbocycles. The third-order valence-corrected chi connectivity index (χ3v) is 11.0. The van der Waals surface area contributed by atoms with Crippen LogP contribution in [-0.4, -0.2) is 19.1 Å². The van der Waals surface area contributed by atoms with Crippen LogP contribution in [0.2, 0.25) is 0 Å². The Labute approximate surface area is 330 Å². The van der Waals surface area contributed by atoms with Crippen molar-refractivity contribution in [2.45, 2.75) is 0 Å². The van der Waals surface area contributed by atoms with E-state index in [0.29, 0.717) is 5.95 Å². The van der Waals surface area contributed by atoms with Crippen LogP contribution in [0.25, 0.3) is 77.2 Å². The van der Waals surface area contributed by atoms with E-state index in [1.165, 1.54) is 21.9 Å². The van der Waals surface area contributed by atoms with Crippen LogP contribution in [0.4, 0.5) is 17.3 Å². The second kappa shape index (κ2) is 13.5. The molecule has 0 fully saturated rings. The zero-order chi connectivity index (χ0) is 37.7. The molecule has 0 atom stereocenters. The summed E-state index contributed by atoms with van der Waals surface area (Å²) in [5.41, 5.74) is 13.2. The van der Waals surface area contributed by atoms with Crippen LogP contribution in [0.1, 0.15) is 0 Å². The van der Waals surface area contributed by atoms with Gasteiger partial charge in [0.2, 0.25) is 5.95 Å². The Kier molecular flexibility index (Phi) is 7.74. The monoisotopic (exact) mass is 729 g/mol. The van der Waals surface area contributed by atoms with Crippen LogP contribution in [-0.2, 0) is 0 Å². The van der Waals surface area contributed by atoms with E-state index in [1.807, 2.05) is 30.6 Å². The SMILES string of the molecule is c1ccc(-c2cnc(N(c3ccc4c(c3)c3ccccc3n4-c3ccccc3)c3ccc4c(c3)c3ccccc3n4-c3cccc(-c4ccccc4)c3)nc2)cc1. The maximum Gasteiger partial charge on any atom is 0.234 e. The second-order valence-electron chi connectivity index (χ2n) is 14.3. The van der Waals surface area contributed by atoms with Gasteiger partial charge in [0.1, 0.15) is 0 Å². The molecule has 11 aromatic rings. The van der Waals surface area contributed by atoms with E-state index in [2.05, 4.69) is 196 Å². The van der Waals surface area contributed by atoms with Crippen LogP contribution in [0.5, 0.6) is 0 Å². The fraction of sp³-hybridized carbons (Fsp3) is 0. The summed E-state index contributed by atoms with van der Waals surface area (Å²) in [5.74, 6) is 0.597. The van der Waals surface area contributed by atoms with Crippen molar-refractivity contribution in [2.75, 3.05) is 4.90 Å². The first-order valence-corrected chi connectivity index (χ1v) is 19.2. The lowest BCUT2D eigenvalue weighted by Crippen LogP contribution is -2.13. The molecule has 0 aliphatic rings. The van der Waals surface area contributed by atoms with Gasteiger partial charge in [-0.05, 0) is 89.5 Å². The van der Waals surface area contributed by atoms with Gasteiger partial charge in [0.05, 0.1) is 22.1 Å². The molecule has 0 aliphatic carbocycles. The van der Waals surface area contributed by atoms with Crippen LogP contribution in [0.3, 0.4) is 0 Å². The molecule has 0 amide bonds. The van der Waals surface area contributed by atoms with Crippen molar-refractivity contribution in [3.05, 3.63) is 213 Å². The van der Waals surface area contributed by atoms with Crippen molar-refractivity contribution >= 4 is 60.9 Å². The van der Waals surface area contributed by atoms with Crippen molar-refractivity contribution in [1.29, 1.82) is 0 Å².